The lowest BCUT2D eigenvalue weighted by Gasteiger charge is -2.19. The Labute approximate surface area is 487 Å². The molecular formula is C74H133NO3. The van der Waals surface area contributed by atoms with E-state index in [1.807, 2.05) is 6.08 Å². The molecule has 0 fully saturated rings. The van der Waals surface area contributed by atoms with Crippen molar-refractivity contribution in [1.82, 2.24) is 5.32 Å². The third-order valence-corrected chi connectivity index (χ3v) is 15.6. The Morgan fingerprint density at radius 3 is 0.897 bits per heavy atom. The first kappa shape index (κ1) is 75.3. The molecule has 0 aromatic rings. The average molecular weight is 1080 g/mol. The van der Waals surface area contributed by atoms with Crippen LogP contribution in [-0.2, 0) is 4.79 Å². The first-order valence-corrected chi connectivity index (χ1v) is 34.5. The fourth-order valence-corrected chi connectivity index (χ4v) is 10.4. The number of hydrogen-bond acceptors (Lipinski definition) is 3. The number of carbonyl (C=O) groups is 1. The van der Waals surface area contributed by atoms with Crippen molar-refractivity contribution in [3.8, 4) is 0 Å². The van der Waals surface area contributed by atoms with Gasteiger partial charge in [-0.2, -0.15) is 0 Å². The second-order valence-corrected chi connectivity index (χ2v) is 23.2. The van der Waals surface area contributed by atoms with Gasteiger partial charge >= 0.3 is 0 Å². The summed E-state index contributed by atoms with van der Waals surface area (Å²) in [6.45, 7) is 4.21. The second kappa shape index (κ2) is 68.6. The fraction of sp³-hybridized carbons (Fsp3) is 0.770. The number of amides is 1. The predicted molar refractivity (Wildman–Crippen MR) is 350 cm³/mol. The number of aliphatic hydroxyl groups is 2. The van der Waals surface area contributed by atoms with Crippen LogP contribution < -0.4 is 5.32 Å². The molecule has 4 heteroatoms. The van der Waals surface area contributed by atoms with Gasteiger partial charge in [0.2, 0.25) is 5.91 Å². The van der Waals surface area contributed by atoms with Crippen molar-refractivity contribution in [1.29, 1.82) is 0 Å². The molecule has 0 aromatic heterocycles. The van der Waals surface area contributed by atoms with Gasteiger partial charge in [-0.25, -0.2) is 0 Å². The van der Waals surface area contributed by atoms with Crippen molar-refractivity contribution in [3.05, 3.63) is 97.2 Å². The molecule has 4 nitrogen and oxygen atoms in total. The van der Waals surface area contributed by atoms with E-state index in [-0.39, 0.29) is 12.5 Å². The van der Waals surface area contributed by atoms with Gasteiger partial charge < -0.3 is 15.5 Å². The van der Waals surface area contributed by atoms with Crippen LogP contribution in [0, 0.1) is 0 Å². The first-order valence-electron chi connectivity index (χ1n) is 34.5. The number of unbranched alkanes of at least 4 members (excludes halogenated alkanes) is 42. The van der Waals surface area contributed by atoms with E-state index in [0.29, 0.717) is 6.42 Å². The molecule has 0 heterocycles. The van der Waals surface area contributed by atoms with Gasteiger partial charge in [-0.15, -0.1) is 0 Å². The number of allylic oxidation sites excluding steroid dienone is 15. The zero-order valence-corrected chi connectivity index (χ0v) is 52.2. The van der Waals surface area contributed by atoms with Crippen LogP contribution in [0.15, 0.2) is 97.2 Å². The molecule has 0 bridgehead atoms. The van der Waals surface area contributed by atoms with Gasteiger partial charge in [0, 0.05) is 6.42 Å². The second-order valence-electron chi connectivity index (χ2n) is 23.2. The summed E-state index contributed by atoms with van der Waals surface area (Å²) >= 11 is 0. The summed E-state index contributed by atoms with van der Waals surface area (Å²) in [5, 5.41) is 23.3. The molecule has 0 aliphatic rings. The highest BCUT2D eigenvalue weighted by molar-refractivity contribution is 5.76. The van der Waals surface area contributed by atoms with E-state index in [1.54, 1.807) is 6.08 Å². The van der Waals surface area contributed by atoms with Crippen molar-refractivity contribution < 1.29 is 15.0 Å². The van der Waals surface area contributed by atoms with Crippen LogP contribution >= 0.6 is 0 Å². The molecule has 2 unspecified atom stereocenters. The molecule has 2 atom stereocenters. The van der Waals surface area contributed by atoms with E-state index in [4.69, 9.17) is 0 Å². The predicted octanol–water partition coefficient (Wildman–Crippen LogP) is 23.6. The molecular weight excluding hydrogens is 951 g/mol. The molecule has 78 heavy (non-hydrogen) atoms. The molecule has 0 rings (SSSR count). The summed E-state index contributed by atoms with van der Waals surface area (Å²) in [4.78, 5) is 12.5. The maximum absolute atomic E-state index is 12.5. The molecule has 1 amide bonds. The van der Waals surface area contributed by atoms with Crippen LogP contribution in [0.2, 0.25) is 0 Å². The van der Waals surface area contributed by atoms with E-state index in [0.717, 1.165) is 70.6 Å². The monoisotopic (exact) mass is 1080 g/mol. The standard InChI is InChI=1S/C74H133NO3/c1-3-5-7-9-11-13-15-17-19-21-23-25-27-29-31-32-33-34-35-36-37-38-39-40-41-42-44-46-48-50-52-54-56-58-60-62-64-66-68-70-74(78)75-72(71-76)73(77)69-67-65-63-61-59-57-55-53-51-49-47-45-43-30-28-26-24-22-20-18-16-14-12-10-8-6-4-2/h5,7,11,13,17,19,23,25,29,31,33-34,59,61,67,69,72-73,76-77H,3-4,6,8-10,12,14-16,18,20-22,24,26-28,30,32,35-58,60,62-66,68,70-71H2,1-2H3,(H,75,78)/b7-5-,13-11-,19-17-,25-23-,31-29-,34-33-,61-59+,69-67+. The molecule has 0 aliphatic carbocycles. The minimum absolute atomic E-state index is 0.0701. The number of rotatable bonds is 63. The average Bonchev–Trinajstić information content (AvgIpc) is 3.44. The lowest BCUT2D eigenvalue weighted by molar-refractivity contribution is -0.123. The Morgan fingerprint density at radius 1 is 0.321 bits per heavy atom. The molecule has 3 N–H and O–H groups in total. The normalized spacial score (nSPS) is 13.3. The third kappa shape index (κ3) is 64.1. The Morgan fingerprint density at radius 2 is 0.577 bits per heavy atom. The molecule has 0 spiro atoms. The molecule has 0 radical (unpaired) electrons. The van der Waals surface area contributed by atoms with Crippen LogP contribution in [0.3, 0.4) is 0 Å². The van der Waals surface area contributed by atoms with Crippen LogP contribution in [-0.4, -0.2) is 34.9 Å². The number of aliphatic hydroxyl groups excluding tert-OH is 2. The SMILES string of the molecule is CC/C=C\C/C=C\C/C=C\C/C=C\C/C=C\C/C=C\CCCCCCCCCCCCCCCCCCCCCCC(=O)NC(CO)C(O)/C=C/CC/C=C/CCCCCCCCCCCCCCCCCCCCCCC. The minimum atomic E-state index is -0.867. The van der Waals surface area contributed by atoms with Gasteiger partial charge in [-0.05, 0) is 83.5 Å². The van der Waals surface area contributed by atoms with E-state index in [2.05, 4.69) is 104 Å². The maximum atomic E-state index is 12.5. The van der Waals surface area contributed by atoms with Crippen LogP contribution in [0.1, 0.15) is 348 Å². The third-order valence-electron chi connectivity index (χ3n) is 15.6. The smallest absolute Gasteiger partial charge is 0.220 e. The number of carbonyl (C=O) groups excluding carboxylic acids is 1. The lowest BCUT2D eigenvalue weighted by Crippen LogP contribution is -2.45. The zero-order chi connectivity index (χ0) is 56.2. The summed E-state index contributed by atoms with van der Waals surface area (Å²) in [7, 11) is 0. The van der Waals surface area contributed by atoms with Crippen molar-refractivity contribution in [2.75, 3.05) is 6.61 Å². The van der Waals surface area contributed by atoms with Gasteiger partial charge in [-0.1, -0.05) is 355 Å². The maximum Gasteiger partial charge on any atom is 0.220 e. The fourth-order valence-electron chi connectivity index (χ4n) is 10.4. The highest BCUT2D eigenvalue weighted by atomic mass is 16.3. The molecule has 0 aliphatic heterocycles. The summed E-state index contributed by atoms with van der Waals surface area (Å²) in [5.41, 5.74) is 0. The van der Waals surface area contributed by atoms with E-state index < -0.39 is 12.1 Å². The highest BCUT2D eigenvalue weighted by Gasteiger charge is 2.18. The molecule has 0 saturated carbocycles. The summed E-state index contributed by atoms with van der Waals surface area (Å²) in [6.07, 6.45) is 102. The topological polar surface area (TPSA) is 69.6 Å². The Kier molecular flexibility index (Phi) is 66.2. The molecule has 452 valence electrons. The first-order chi connectivity index (χ1) is 38.7. The number of hydrogen-bond donors (Lipinski definition) is 3. The lowest BCUT2D eigenvalue weighted by atomic mass is 10.0. The van der Waals surface area contributed by atoms with E-state index in [1.165, 1.54) is 257 Å². The Bertz CT molecular complexity index is 1420. The van der Waals surface area contributed by atoms with Crippen molar-refractivity contribution in [2.45, 2.75) is 360 Å². The van der Waals surface area contributed by atoms with Crippen LogP contribution in [0.5, 0.6) is 0 Å². The van der Waals surface area contributed by atoms with Crippen molar-refractivity contribution in [2.24, 2.45) is 0 Å². The van der Waals surface area contributed by atoms with Gasteiger partial charge in [-0.3, -0.25) is 4.79 Å². The summed E-state index contributed by atoms with van der Waals surface area (Å²) in [6, 6.07) is -0.644. The quantitative estimate of drug-likeness (QED) is 0.0420. The summed E-state index contributed by atoms with van der Waals surface area (Å²) < 4.78 is 0. The van der Waals surface area contributed by atoms with Gasteiger partial charge in [0.05, 0.1) is 18.8 Å². The summed E-state index contributed by atoms with van der Waals surface area (Å²) in [5.74, 6) is -0.0701. The Hall–Kier alpha value is -2.69. The molecule has 0 saturated heterocycles. The van der Waals surface area contributed by atoms with Gasteiger partial charge in [0.1, 0.15) is 0 Å². The van der Waals surface area contributed by atoms with Gasteiger partial charge in [0.15, 0.2) is 0 Å². The Balaban J connectivity index is 3.48. The van der Waals surface area contributed by atoms with Gasteiger partial charge in [0.25, 0.3) is 0 Å². The highest BCUT2D eigenvalue weighted by Crippen LogP contribution is 2.18. The largest absolute Gasteiger partial charge is 0.394 e. The minimum Gasteiger partial charge on any atom is -0.394 e. The zero-order valence-electron chi connectivity index (χ0n) is 52.2. The van der Waals surface area contributed by atoms with Crippen LogP contribution in [0.25, 0.3) is 0 Å². The van der Waals surface area contributed by atoms with Crippen LogP contribution in [0.4, 0.5) is 0 Å². The van der Waals surface area contributed by atoms with Crippen molar-refractivity contribution in [3.63, 3.8) is 0 Å². The van der Waals surface area contributed by atoms with E-state index >= 15 is 0 Å². The van der Waals surface area contributed by atoms with E-state index in [9.17, 15) is 15.0 Å². The number of nitrogens with one attached hydrogen (secondary N) is 1. The molecule has 0 aromatic carbocycles. The van der Waals surface area contributed by atoms with Crippen molar-refractivity contribution >= 4 is 5.91 Å².